The summed E-state index contributed by atoms with van der Waals surface area (Å²) in [7, 11) is 0. The first-order chi connectivity index (χ1) is 8.38. The zero-order chi connectivity index (χ0) is 13.3. The second-order valence-corrected chi connectivity index (χ2v) is 5.17. The lowest BCUT2D eigenvalue weighted by Crippen LogP contribution is -2.90. The van der Waals surface area contributed by atoms with Crippen molar-refractivity contribution >= 4 is 17.7 Å². The van der Waals surface area contributed by atoms with Gasteiger partial charge in [0, 0.05) is 5.56 Å². The molecule has 0 radical (unpaired) electrons. The Kier molecular flexibility index (Phi) is 3.54. The van der Waals surface area contributed by atoms with E-state index in [0.717, 1.165) is 12.1 Å². The summed E-state index contributed by atoms with van der Waals surface area (Å²) >= 11 is 1.39. The van der Waals surface area contributed by atoms with Crippen LogP contribution in [0, 0.1) is 0 Å². The number of alkyl halides is 3. The molecule has 0 amide bonds. The summed E-state index contributed by atoms with van der Waals surface area (Å²) < 4.78 is 37.1. The number of carbonyl (C=O) groups excluding carboxylic acids is 1. The van der Waals surface area contributed by atoms with E-state index in [1.54, 1.807) is 5.32 Å². The molecule has 1 aromatic carbocycles. The molecule has 0 saturated carbocycles. The van der Waals surface area contributed by atoms with E-state index in [2.05, 4.69) is 0 Å². The lowest BCUT2D eigenvalue weighted by atomic mass is 10.1. The number of aliphatic carboxylic acids is 1. The summed E-state index contributed by atoms with van der Waals surface area (Å²) in [4.78, 5) is 10.7. The Hall–Kier alpha value is -1.21. The molecule has 1 fully saturated rings. The predicted molar refractivity (Wildman–Crippen MR) is 57.4 cm³/mol. The van der Waals surface area contributed by atoms with Gasteiger partial charge in [0.2, 0.25) is 0 Å². The molecule has 3 nitrogen and oxygen atoms in total. The van der Waals surface area contributed by atoms with Gasteiger partial charge in [0.1, 0.15) is 12.0 Å². The number of thioether (sulfide) groups is 1. The number of carbonyl (C=O) groups is 1. The zero-order valence-electron chi connectivity index (χ0n) is 9.11. The summed E-state index contributed by atoms with van der Waals surface area (Å²) in [6, 6.07) is 4.15. The average Bonchev–Trinajstić information content (AvgIpc) is 2.77. The van der Waals surface area contributed by atoms with Crippen LogP contribution in [0.25, 0.3) is 0 Å². The maximum Gasteiger partial charge on any atom is 0.416 e. The molecular weight excluding hydrogens is 267 g/mol. The fourth-order valence-corrected chi connectivity index (χ4v) is 3.06. The third-order valence-corrected chi connectivity index (χ3v) is 4.07. The summed E-state index contributed by atoms with van der Waals surface area (Å²) in [6.07, 6.45) is -4.35. The van der Waals surface area contributed by atoms with E-state index in [0.29, 0.717) is 11.3 Å². The predicted octanol–water partition coefficient (Wildman–Crippen LogP) is 0.133. The monoisotopic (exact) mass is 277 g/mol. The lowest BCUT2D eigenvalue weighted by molar-refractivity contribution is -0.690. The number of nitrogens with two attached hydrogens (primary N) is 1. The van der Waals surface area contributed by atoms with Gasteiger partial charge in [-0.3, -0.25) is 0 Å². The molecule has 1 aliphatic heterocycles. The van der Waals surface area contributed by atoms with Gasteiger partial charge in [0.15, 0.2) is 5.37 Å². The molecular formula is C11H10F3NO2S. The number of carboxylic acid groups (broad SMARTS) is 1. The van der Waals surface area contributed by atoms with Crippen molar-refractivity contribution in [2.45, 2.75) is 17.6 Å². The summed E-state index contributed by atoms with van der Waals surface area (Å²) in [5, 5.41) is 12.1. The minimum absolute atomic E-state index is 0.185. The first kappa shape index (κ1) is 13.2. The molecule has 1 heterocycles. The van der Waals surface area contributed by atoms with Gasteiger partial charge in [-0.15, -0.1) is 0 Å². The van der Waals surface area contributed by atoms with E-state index in [-0.39, 0.29) is 5.37 Å². The molecule has 2 atom stereocenters. The highest BCUT2D eigenvalue weighted by molar-refractivity contribution is 7.99. The van der Waals surface area contributed by atoms with Crippen LogP contribution in [0.2, 0.25) is 0 Å². The van der Waals surface area contributed by atoms with Gasteiger partial charge in [0.25, 0.3) is 0 Å². The number of hydrogen-bond acceptors (Lipinski definition) is 3. The topological polar surface area (TPSA) is 56.7 Å². The van der Waals surface area contributed by atoms with Crippen molar-refractivity contribution in [3.63, 3.8) is 0 Å². The average molecular weight is 277 g/mol. The van der Waals surface area contributed by atoms with Crippen LogP contribution in [0.4, 0.5) is 13.2 Å². The lowest BCUT2D eigenvalue weighted by Gasteiger charge is -2.12. The van der Waals surface area contributed by atoms with Crippen LogP contribution in [-0.2, 0) is 11.0 Å². The van der Waals surface area contributed by atoms with E-state index in [1.165, 1.54) is 23.9 Å². The van der Waals surface area contributed by atoms with Gasteiger partial charge in [-0.25, -0.2) is 0 Å². The number of quaternary nitrogens is 1. The van der Waals surface area contributed by atoms with E-state index >= 15 is 0 Å². The normalized spacial score (nSPS) is 24.2. The summed E-state index contributed by atoms with van der Waals surface area (Å²) in [5.74, 6) is -0.745. The van der Waals surface area contributed by atoms with Crippen LogP contribution in [0.5, 0.6) is 0 Å². The largest absolute Gasteiger partial charge is 0.544 e. The van der Waals surface area contributed by atoms with Crippen molar-refractivity contribution in [2.75, 3.05) is 5.75 Å². The minimum atomic E-state index is -4.35. The van der Waals surface area contributed by atoms with Gasteiger partial charge in [-0.05, 0) is 12.1 Å². The Morgan fingerprint density at radius 1 is 1.33 bits per heavy atom. The molecule has 1 aliphatic rings. The van der Waals surface area contributed by atoms with Crippen molar-refractivity contribution in [2.24, 2.45) is 0 Å². The SMILES string of the molecule is O=C([O-])[C@@H]1CS[C@H](c2ccc(C(F)(F)F)cc2)[NH2+]1. The first-order valence-electron chi connectivity index (χ1n) is 5.22. The highest BCUT2D eigenvalue weighted by Crippen LogP contribution is 2.32. The Morgan fingerprint density at radius 3 is 2.39 bits per heavy atom. The molecule has 2 N–H and O–H groups in total. The molecule has 1 aromatic rings. The molecule has 7 heteroatoms. The van der Waals surface area contributed by atoms with Crippen LogP contribution >= 0.6 is 11.8 Å². The molecule has 0 bridgehead atoms. The number of hydrogen-bond donors (Lipinski definition) is 1. The summed E-state index contributed by atoms with van der Waals surface area (Å²) in [6.45, 7) is 0. The number of carboxylic acids is 1. The smallest absolute Gasteiger partial charge is 0.416 e. The Morgan fingerprint density at radius 2 is 1.94 bits per heavy atom. The Balaban J connectivity index is 2.10. The molecule has 0 aromatic heterocycles. The van der Waals surface area contributed by atoms with Crippen LogP contribution < -0.4 is 10.4 Å². The molecule has 0 spiro atoms. The van der Waals surface area contributed by atoms with Gasteiger partial charge < -0.3 is 15.2 Å². The molecule has 98 valence electrons. The van der Waals surface area contributed by atoms with Crippen molar-refractivity contribution < 1.29 is 28.4 Å². The number of benzene rings is 1. The molecule has 2 rings (SSSR count). The maximum atomic E-state index is 12.4. The highest BCUT2D eigenvalue weighted by atomic mass is 32.2. The Bertz CT molecular complexity index is 447. The van der Waals surface area contributed by atoms with Gasteiger partial charge in [0.05, 0.1) is 11.3 Å². The minimum Gasteiger partial charge on any atom is -0.544 e. The molecule has 1 saturated heterocycles. The van der Waals surface area contributed by atoms with Crippen molar-refractivity contribution in [1.29, 1.82) is 0 Å². The van der Waals surface area contributed by atoms with E-state index in [1.807, 2.05) is 0 Å². The van der Waals surface area contributed by atoms with Crippen LogP contribution in [0.3, 0.4) is 0 Å². The highest BCUT2D eigenvalue weighted by Gasteiger charge is 2.33. The second kappa shape index (κ2) is 4.81. The van der Waals surface area contributed by atoms with E-state index in [4.69, 9.17) is 0 Å². The molecule has 0 aliphatic carbocycles. The van der Waals surface area contributed by atoms with E-state index in [9.17, 15) is 23.1 Å². The number of rotatable bonds is 2. The van der Waals surface area contributed by atoms with Crippen molar-refractivity contribution in [3.8, 4) is 0 Å². The third kappa shape index (κ3) is 2.78. The van der Waals surface area contributed by atoms with Crippen molar-refractivity contribution in [1.82, 2.24) is 0 Å². The van der Waals surface area contributed by atoms with Crippen LogP contribution in [0.15, 0.2) is 24.3 Å². The maximum absolute atomic E-state index is 12.4. The quantitative estimate of drug-likeness (QED) is 0.836. The van der Waals surface area contributed by atoms with Crippen molar-refractivity contribution in [3.05, 3.63) is 35.4 Å². The van der Waals surface area contributed by atoms with E-state index < -0.39 is 23.8 Å². The van der Waals surface area contributed by atoms with Gasteiger partial charge >= 0.3 is 6.18 Å². The fourth-order valence-electron chi connectivity index (χ4n) is 1.75. The standard InChI is InChI=1S/C11H10F3NO2S/c12-11(13,14)7-3-1-6(2-4-7)9-15-8(5-18-9)10(16)17/h1-4,8-9,15H,5H2,(H,16,17)/t8-,9+/m0/s1. The molecule has 18 heavy (non-hydrogen) atoms. The third-order valence-electron chi connectivity index (χ3n) is 2.73. The number of halogens is 3. The van der Waals surface area contributed by atoms with Gasteiger partial charge in [-0.1, -0.05) is 23.9 Å². The second-order valence-electron chi connectivity index (χ2n) is 3.99. The van der Waals surface area contributed by atoms with Gasteiger partial charge in [-0.2, -0.15) is 13.2 Å². The molecule has 0 unspecified atom stereocenters. The fraction of sp³-hybridized carbons (Fsp3) is 0.364. The summed E-state index contributed by atoms with van der Waals surface area (Å²) in [5.41, 5.74) is -0.0255. The zero-order valence-corrected chi connectivity index (χ0v) is 9.92. The van der Waals surface area contributed by atoms with Crippen LogP contribution in [-0.4, -0.2) is 17.8 Å². The van der Waals surface area contributed by atoms with Crippen LogP contribution in [0.1, 0.15) is 16.5 Å². The first-order valence-corrected chi connectivity index (χ1v) is 6.27. The Labute approximate surface area is 105 Å².